The van der Waals surface area contributed by atoms with Crippen molar-refractivity contribution in [1.82, 2.24) is 5.32 Å². The van der Waals surface area contributed by atoms with Crippen LogP contribution < -0.4 is 5.32 Å². The normalized spacial score (nSPS) is 19.5. The lowest BCUT2D eigenvalue weighted by atomic mass is 9.75. The topological polar surface area (TPSA) is 41.5 Å². The van der Waals surface area contributed by atoms with Gasteiger partial charge in [0.15, 0.2) is 0 Å². The van der Waals surface area contributed by atoms with E-state index in [1.54, 1.807) is 18.9 Å². The Kier molecular flexibility index (Phi) is 8.13. The third-order valence-corrected chi connectivity index (χ3v) is 7.50. The van der Waals surface area contributed by atoms with E-state index in [0.717, 1.165) is 22.8 Å². The van der Waals surface area contributed by atoms with Crippen LogP contribution in [0.4, 0.5) is 0 Å². The molecule has 1 aliphatic rings. The fourth-order valence-electron chi connectivity index (χ4n) is 4.71. The largest absolute Gasteiger partial charge is 0.502 e. The van der Waals surface area contributed by atoms with Crippen LogP contribution in [0.2, 0.25) is 0 Å². The number of ether oxygens (including phenoxy) is 1. The highest BCUT2D eigenvalue weighted by Gasteiger charge is 2.35. The van der Waals surface area contributed by atoms with Crippen molar-refractivity contribution in [3.8, 4) is 0 Å². The van der Waals surface area contributed by atoms with Gasteiger partial charge in [0, 0.05) is 35.5 Å². The summed E-state index contributed by atoms with van der Waals surface area (Å²) in [5.41, 5.74) is 5.09. The fourth-order valence-corrected chi connectivity index (χ4v) is 5.56. The molecule has 2 aromatic rings. The van der Waals surface area contributed by atoms with Gasteiger partial charge in [0.05, 0.1) is 18.6 Å². The minimum Gasteiger partial charge on any atom is -0.502 e. The molecular weight excluding hydrogens is 414 g/mol. The predicted molar refractivity (Wildman–Crippen MR) is 140 cm³/mol. The SMILES string of the molecule is C=C(CC1N/C(=C(\C)SC(=C)CC)c2cc(C(C)C)c3ccccc3c2C1CCO)OC. The van der Waals surface area contributed by atoms with Crippen molar-refractivity contribution in [2.45, 2.75) is 64.8 Å². The first kappa shape index (κ1) is 24.5. The van der Waals surface area contributed by atoms with Gasteiger partial charge in [0.1, 0.15) is 0 Å². The zero-order valence-electron chi connectivity index (χ0n) is 20.1. The van der Waals surface area contributed by atoms with Crippen molar-refractivity contribution in [2.24, 2.45) is 0 Å². The number of fused-ring (bicyclic) bond motifs is 3. The Labute approximate surface area is 197 Å². The number of aliphatic hydroxyl groups excluding tert-OH is 1. The fraction of sp³-hybridized carbons (Fsp3) is 0.429. The molecule has 3 nitrogen and oxygen atoms in total. The Morgan fingerprint density at radius 3 is 2.50 bits per heavy atom. The first-order valence-corrected chi connectivity index (χ1v) is 12.3. The van der Waals surface area contributed by atoms with Gasteiger partial charge in [0.2, 0.25) is 0 Å². The summed E-state index contributed by atoms with van der Waals surface area (Å²) >= 11 is 1.75. The summed E-state index contributed by atoms with van der Waals surface area (Å²) in [6.07, 6.45) is 2.32. The van der Waals surface area contributed by atoms with E-state index in [4.69, 9.17) is 4.74 Å². The summed E-state index contributed by atoms with van der Waals surface area (Å²) in [5.74, 6) is 1.32. The lowest BCUT2D eigenvalue weighted by Crippen LogP contribution is -2.40. The third kappa shape index (κ3) is 4.92. The maximum atomic E-state index is 9.98. The molecule has 2 aromatic carbocycles. The molecule has 0 aliphatic carbocycles. The van der Waals surface area contributed by atoms with Gasteiger partial charge in [-0.05, 0) is 58.6 Å². The predicted octanol–water partition coefficient (Wildman–Crippen LogP) is 7.30. The Hall–Kier alpha value is -2.17. The second-order valence-corrected chi connectivity index (χ2v) is 10.3. The molecule has 0 saturated heterocycles. The van der Waals surface area contributed by atoms with E-state index in [2.05, 4.69) is 76.5 Å². The van der Waals surface area contributed by atoms with E-state index in [-0.39, 0.29) is 18.6 Å². The lowest BCUT2D eigenvalue weighted by molar-refractivity contribution is 0.239. The monoisotopic (exact) mass is 451 g/mol. The van der Waals surface area contributed by atoms with Crippen LogP contribution >= 0.6 is 11.8 Å². The van der Waals surface area contributed by atoms with Gasteiger partial charge < -0.3 is 15.2 Å². The van der Waals surface area contributed by atoms with Gasteiger partial charge in [-0.2, -0.15) is 0 Å². The van der Waals surface area contributed by atoms with Crippen LogP contribution in [0.3, 0.4) is 0 Å². The van der Waals surface area contributed by atoms with Gasteiger partial charge in [-0.1, -0.05) is 70.0 Å². The molecule has 1 aliphatic heterocycles. The van der Waals surface area contributed by atoms with E-state index < -0.39 is 0 Å². The molecule has 0 radical (unpaired) electrons. The quantitative estimate of drug-likeness (QED) is 0.393. The number of benzene rings is 2. The maximum Gasteiger partial charge on any atom is 0.0904 e. The Bertz CT molecular complexity index is 1040. The zero-order valence-corrected chi connectivity index (χ0v) is 20.9. The summed E-state index contributed by atoms with van der Waals surface area (Å²) in [7, 11) is 1.67. The van der Waals surface area contributed by atoms with Crippen LogP contribution in [0.5, 0.6) is 0 Å². The van der Waals surface area contributed by atoms with Crippen LogP contribution in [0, 0.1) is 0 Å². The molecule has 2 unspecified atom stereocenters. The van der Waals surface area contributed by atoms with Gasteiger partial charge in [-0.25, -0.2) is 0 Å². The molecule has 0 spiro atoms. The summed E-state index contributed by atoms with van der Waals surface area (Å²) < 4.78 is 5.45. The van der Waals surface area contributed by atoms with Crippen LogP contribution in [-0.2, 0) is 4.74 Å². The standard InChI is InChI=1S/C28H37NO2S/c1-8-19(5)32-20(6)28-25-16-24(17(2)3)21-11-9-10-12-22(21)27(25)23(13-14-30)26(29-28)15-18(4)31-7/h9-12,16-17,23,26,29-30H,4-5,8,13-15H2,1-3,6-7H3/b28-20+. The van der Waals surface area contributed by atoms with Crippen molar-refractivity contribution in [1.29, 1.82) is 0 Å². The van der Waals surface area contributed by atoms with Gasteiger partial charge in [-0.3, -0.25) is 0 Å². The summed E-state index contributed by atoms with van der Waals surface area (Å²) in [6.45, 7) is 17.3. The second-order valence-electron chi connectivity index (χ2n) is 8.87. The average Bonchev–Trinajstić information content (AvgIpc) is 2.79. The van der Waals surface area contributed by atoms with E-state index in [0.29, 0.717) is 18.8 Å². The van der Waals surface area contributed by atoms with Crippen LogP contribution in [-0.4, -0.2) is 24.9 Å². The molecule has 1 heterocycles. The van der Waals surface area contributed by atoms with Crippen molar-refractivity contribution in [3.05, 3.63) is 75.7 Å². The molecule has 32 heavy (non-hydrogen) atoms. The molecule has 2 atom stereocenters. The number of rotatable bonds is 9. The number of methoxy groups -OCH3 is 1. The number of nitrogens with one attached hydrogen (secondary N) is 1. The zero-order chi connectivity index (χ0) is 23.4. The van der Waals surface area contributed by atoms with Crippen molar-refractivity contribution < 1.29 is 9.84 Å². The number of aliphatic hydroxyl groups is 1. The molecule has 0 saturated carbocycles. The van der Waals surface area contributed by atoms with Crippen LogP contribution in [0.15, 0.2) is 59.1 Å². The van der Waals surface area contributed by atoms with Gasteiger partial charge >= 0.3 is 0 Å². The van der Waals surface area contributed by atoms with Crippen molar-refractivity contribution in [2.75, 3.05) is 13.7 Å². The van der Waals surface area contributed by atoms with Crippen LogP contribution in [0.25, 0.3) is 16.5 Å². The van der Waals surface area contributed by atoms with Gasteiger partial charge in [0.25, 0.3) is 0 Å². The summed E-state index contributed by atoms with van der Waals surface area (Å²) in [4.78, 5) is 2.37. The summed E-state index contributed by atoms with van der Waals surface area (Å²) in [5, 5.41) is 16.4. The maximum absolute atomic E-state index is 9.98. The van der Waals surface area contributed by atoms with E-state index in [9.17, 15) is 5.11 Å². The number of hydrogen-bond donors (Lipinski definition) is 2. The van der Waals surface area contributed by atoms with E-state index >= 15 is 0 Å². The smallest absolute Gasteiger partial charge is 0.0904 e. The van der Waals surface area contributed by atoms with Crippen LogP contribution in [0.1, 0.15) is 75.5 Å². The molecule has 172 valence electrons. The molecule has 0 amide bonds. The molecular formula is C28H37NO2S. The average molecular weight is 452 g/mol. The molecule has 2 N–H and O–H groups in total. The second kappa shape index (κ2) is 10.6. The highest BCUT2D eigenvalue weighted by Crippen LogP contribution is 2.46. The lowest BCUT2D eigenvalue weighted by Gasteiger charge is -2.39. The molecule has 0 bridgehead atoms. The van der Waals surface area contributed by atoms with E-state index in [1.165, 1.54) is 32.4 Å². The molecule has 4 heteroatoms. The number of hydrogen-bond acceptors (Lipinski definition) is 4. The Morgan fingerprint density at radius 1 is 1.22 bits per heavy atom. The highest BCUT2D eigenvalue weighted by molar-refractivity contribution is 8.06. The molecule has 0 fully saturated rings. The Balaban J connectivity index is 2.33. The third-order valence-electron chi connectivity index (χ3n) is 6.42. The number of thioether (sulfide) groups is 1. The van der Waals surface area contributed by atoms with E-state index in [1.807, 2.05) is 0 Å². The minimum atomic E-state index is 0.0934. The first-order valence-electron chi connectivity index (χ1n) is 11.5. The minimum absolute atomic E-state index is 0.0934. The van der Waals surface area contributed by atoms with Gasteiger partial charge in [-0.15, -0.1) is 0 Å². The summed E-state index contributed by atoms with van der Waals surface area (Å²) in [6, 6.07) is 11.2. The number of allylic oxidation sites excluding steroid dienone is 2. The first-order chi connectivity index (χ1) is 15.3. The Morgan fingerprint density at radius 2 is 1.91 bits per heavy atom. The molecule has 3 rings (SSSR count). The molecule has 0 aromatic heterocycles. The highest BCUT2D eigenvalue weighted by atomic mass is 32.2. The van der Waals surface area contributed by atoms with Crippen molar-refractivity contribution in [3.63, 3.8) is 0 Å². The van der Waals surface area contributed by atoms with Crippen molar-refractivity contribution >= 4 is 28.2 Å².